The van der Waals surface area contributed by atoms with E-state index in [0.29, 0.717) is 22.2 Å². The maximum atomic E-state index is 12.4. The minimum Gasteiger partial charge on any atom is -0.496 e. The Labute approximate surface area is 179 Å². The third-order valence-electron chi connectivity index (χ3n) is 4.16. The molecular weight excluding hydrogens is 412 g/mol. The molecule has 0 saturated heterocycles. The first-order valence-electron chi connectivity index (χ1n) is 9.02. The van der Waals surface area contributed by atoms with Crippen LogP contribution in [-0.2, 0) is 14.3 Å². The molecule has 2 aromatic carbocycles. The first-order valence-corrected chi connectivity index (χ1v) is 9.40. The van der Waals surface area contributed by atoms with Crippen molar-refractivity contribution in [1.82, 2.24) is 5.32 Å². The summed E-state index contributed by atoms with van der Waals surface area (Å²) >= 11 is 6.05. The molecular formula is C21H23ClN2O6. The molecule has 30 heavy (non-hydrogen) atoms. The summed E-state index contributed by atoms with van der Waals surface area (Å²) in [6.07, 6.45) is -1.10. The number of esters is 1. The largest absolute Gasteiger partial charge is 0.496 e. The molecule has 0 aliphatic rings. The van der Waals surface area contributed by atoms with Crippen LogP contribution in [0.1, 0.15) is 22.8 Å². The molecule has 2 N–H and O–H groups in total. The van der Waals surface area contributed by atoms with E-state index in [0.717, 1.165) is 5.56 Å². The van der Waals surface area contributed by atoms with Crippen LogP contribution in [0.4, 0.5) is 5.69 Å². The van der Waals surface area contributed by atoms with E-state index in [-0.39, 0.29) is 5.56 Å². The first kappa shape index (κ1) is 23.0. The molecule has 160 valence electrons. The van der Waals surface area contributed by atoms with Gasteiger partial charge < -0.3 is 24.8 Å². The number of methoxy groups -OCH3 is 2. The number of rotatable bonds is 8. The summed E-state index contributed by atoms with van der Waals surface area (Å²) in [6.45, 7) is 2.80. The van der Waals surface area contributed by atoms with Crippen molar-refractivity contribution in [2.24, 2.45) is 0 Å². The molecule has 0 saturated carbocycles. The van der Waals surface area contributed by atoms with Gasteiger partial charge in [0.2, 0.25) is 0 Å². The number of halogens is 1. The van der Waals surface area contributed by atoms with Gasteiger partial charge in [0.25, 0.3) is 11.8 Å². The fourth-order valence-corrected chi connectivity index (χ4v) is 2.69. The average molecular weight is 435 g/mol. The Morgan fingerprint density at radius 3 is 2.40 bits per heavy atom. The monoisotopic (exact) mass is 434 g/mol. The summed E-state index contributed by atoms with van der Waals surface area (Å²) in [4.78, 5) is 36.6. The molecule has 0 spiro atoms. The molecule has 2 rings (SSSR count). The molecule has 8 nitrogen and oxygen atoms in total. The summed E-state index contributed by atoms with van der Waals surface area (Å²) in [7, 11) is 2.89. The number of hydrogen-bond acceptors (Lipinski definition) is 6. The Bertz CT molecular complexity index is 947. The van der Waals surface area contributed by atoms with E-state index >= 15 is 0 Å². The number of aryl methyl sites for hydroxylation is 1. The predicted octanol–water partition coefficient (Wildman–Crippen LogP) is 2.97. The van der Waals surface area contributed by atoms with Crippen molar-refractivity contribution < 1.29 is 28.6 Å². The third kappa shape index (κ3) is 5.87. The SMILES string of the molecule is COc1cc(Cl)c(C)cc1NC(=O)C(C)OC(=O)CNC(=O)c1ccccc1OC. The molecule has 1 unspecified atom stereocenters. The Kier molecular flexibility index (Phi) is 8.06. The van der Waals surface area contributed by atoms with Crippen molar-refractivity contribution in [3.63, 3.8) is 0 Å². The smallest absolute Gasteiger partial charge is 0.326 e. The maximum Gasteiger partial charge on any atom is 0.326 e. The lowest BCUT2D eigenvalue weighted by Crippen LogP contribution is -2.36. The van der Waals surface area contributed by atoms with E-state index in [2.05, 4.69) is 10.6 Å². The molecule has 0 heterocycles. The zero-order valence-corrected chi connectivity index (χ0v) is 17.8. The maximum absolute atomic E-state index is 12.4. The third-order valence-corrected chi connectivity index (χ3v) is 4.57. The zero-order chi connectivity index (χ0) is 22.3. The number of anilines is 1. The van der Waals surface area contributed by atoms with Crippen LogP contribution in [0.25, 0.3) is 0 Å². The average Bonchev–Trinajstić information content (AvgIpc) is 2.74. The number of nitrogens with one attached hydrogen (secondary N) is 2. The summed E-state index contributed by atoms with van der Waals surface area (Å²) in [6, 6.07) is 9.83. The van der Waals surface area contributed by atoms with E-state index in [1.165, 1.54) is 21.1 Å². The van der Waals surface area contributed by atoms with Gasteiger partial charge in [0, 0.05) is 11.1 Å². The second kappa shape index (κ2) is 10.5. The molecule has 2 amide bonds. The Morgan fingerprint density at radius 1 is 1.07 bits per heavy atom. The van der Waals surface area contributed by atoms with Crippen LogP contribution in [0.5, 0.6) is 11.5 Å². The normalized spacial score (nSPS) is 11.2. The van der Waals surface area contributed by atoms with Crippen LogP contribution in [0, 0.1) is 6.92 Å². The first-order chi connectivity index (χ1) is 14.3. The summed E-state index contributed by atoms with van der Waals surface area (Å²) in [5.41, 5.74) is 1.43. The van der Waals surface area contributed by atoms with E-state index in [1.807, 2.05) is 0 Å². The van der Waals surface area contributed by atoms with Crippen molar-refractivity contribution in [2.75, 3.05) is 26.1 Å². The van der Waals surface area contributed by atoms with Crippen molar-refractivity contribution in [2.45, 2.75) is 20.0 Å². The van der Waals surface area contributed by atoms with Gasteiger partial charge in [0.05, 0.1) is 25.5 Å². The molecule has 0 aliphatic carbocycles. The molecule has 0 bridgehead atoms. The molecule has 1 atom stereocenters. The lowest BCUT2D eigenvalue weighted by Gasteiger charge is -2.16. The van der Waals surface area contributed by atoms with Gasteiger partial charge in [-0.05, 0) is 37.6 Å². The van der Waals surface area contributed by atoms with Gasteiger partial charge in [-0.2, -0.15) is 0 Å². The van der Waals surface area contributed by atoms with Crippen LogP contribution in [0.3, 0.4) is 0 Å². The second-order valence-corrected chi connectivity index (χ2v) is 6.71. The molecule has 0 aromatic heterocycles. The fraction of sp³-hybridized carbons (Fsp3) is 0.286. The van der Waals surface area contributed by atoms with Gasteiger partial charge in [0.1, 0.15) is 18.0 Å². The summed E-state index contributed by atoms with van der Waals surface area (Å²) < 4.78 is 15.4. The number of carbonyl (C=O) groups excluding carboxylic acids is 3. The van der Waals surface area contributed by atoms with E-state index in [1.54, 1.807) is 43.3 Å². The van der Waals surface area contributed by atoms with Gasteiger partial charge in [-0.25, -0.2) is 0 Å². The number of para-hydroxylation sites is 1. The zero-order valence-electron chi connectivity index (χ0n) is 17.1. The molecule has 0 aliphatic heterocycles. The number of amides is 2. The van der Waals surface area contributed by atoms with Crippen LogP contribution in [-0.4, -0.2) is 44.7 Å². The van der Waals surface area contributed by atoms with Crippen LogP contribution < -0.4 is 20.1 Å². The highest BCUT2D eigenvalue weighted by Gasteiger charge is 2.21. The Morgan fingerprint density at radius 2 is 1.73 bits per heavy atom. The van der Waals surface area contributed by atoms with Gasteiger partial charge in [-0.15, -0.1) is 0 Å². The number of benzene rings is 2. The minimum absolute atomic E-state index is 0.281. The van der Waals surface area contributed by atoms with Gasteiger partial charge in [-0.3, -0.25) is 14.4 Å². The number of hydrogen-bond donors (Lipinski definition) is 2. The molecule has 0 fully saturated rings. The summed E-state index contributed by atoms with van der Waals surface area (Å²) in [5, 5.41) is 5.57. The highest BCUT2D eigenvalue weighted by molar-refractivity contribution is 6.31. The summed E-state index contributed by atoms with van der Waals surface area (Å²) in [5.74, 6) is -1.06. The van der Waals surface area contributed by atoms with Crippen LogP contribution in [0.2, 0.25) is 5.02 Å². The quantitative estimate of drug-likeness (QED) is 0.619. The van der Waals surface area contributed by atoms with Crippen molar-refractivity contribution in [1.29, 1.82) is 0 Å². The minimum atomic E-state index is -1.10. The van der Waals surface area contributed by atoms with Crippen molar-refractivity contribution >= 4 is 35.1 Å². The highest BCUT2D eigenvalue weighted by Crippen LogP contribution is 2.31. The van der Waals surface area contributed by atoms with Crippen LogP contribution >= 0.6 is 11.6 Å². The van der Waals surface area contributed by atoms with Crippen LogP contribution in [0.15, 0.2) is 36.4 Å². The van der Waals surface area contributed by atoms with Gasteiger partial charge in [-0.1, -0.05) is 23.7 Å². The lowest BCUT2D eigenvalue weighted by atomic mass is 10.2. The van der Waals surface area contributed by atoms with E-state index < -0.39 is 30.4 Å². The highest BCUT2D eigenvalue weighted by atomic mass is 35.5. The number of ether oxygens (including phenoxy) is 3. The molecule has 2 aromatic rings. The Balaban J connectivity index is 1.92. The topological polar surface area (TPSA) is 103 Å². The molecule has 0 radical (unpaired) electrons. The number of carbonyl (C=O) groups is 3. The van der Waals surface area contributed by atoms with Crippen molar-refractivity contribution in [3.8, 4) is 11.5 Å². The van der Waals surface area contributed by atoms with Crippen molar-refractivity contribution in [3.05, 3.63) is 52.5 Å². The predicted molar refractivity (Wildman–Crippen MR) is 112 cm³/mol. The van der Waals surface area contributed by atoms with Gasteiger partial charge >= 0.3 is 5.97 Å². The Hall–Kier alpha value is -3.26. The lowest BCUT2D eigenvalue weighted by molar-refractivity contribution is -0.152. The standard InChI is InChI=1S/C21H23ClN2O6/c1-12-9-16(18(29-4)10-15(12)22)24-20(26)13(2)30-19(25)11-23-21(27)14-7-5-6-8-17(14)28-3/h5-10,13H,11H2,1-4H3,(H,23,27)(H,24,26). The second-order valence-electron chi connectivity index (χ2n) is 6.31. The van der Waals surface area contributed by atoms with E-state index in [4.69, 9.17) is 25.8 Å². The fourth-order valence-electron chi connectivity index (χ4n) is 2.54. The molecule has 9 heteroatoms. The van der Waals surface area contributed by atoms with Gasteiger partial charge in [0.15, 0.2) is 6.10 Å². The van der Waals surface area contributed by atoms with E-state index in [9.17, 15) is 14.4 Å².